The summed E-state index contributed by atoms with van der Waals surface area (Å²) in [6, 6.07) is 12.5. The molecule has 0 saturated heterocycles. The summed E-state index contributed by atoms with van der Waals surface area (Å²) in [4.78, 5) is 29.0. The third-order valence-corrected chi connectivity index (χ3v) is 6.44. The fourth-order valence-corrected chi connectivity index (χ4v) is 4.65. The molecule has 0 aliphatic heterocycles. The Kier molecular flexibility index (Phi) is 7.55. The zero-order valence-corrected chi connectivity index (χ0v) is 19.8. The first-order chi connectivity index (χ1) is 16.4. The average Bonchev–Trinajstić information content (AvgIpc) is 3.48. The normalized spacial score (nSPS) is 15.1. The van der Waals surface area contributed by atoms with E-state index in [2.05, 4.69) is 29.5 Å². The molecule has 2 aromatic carbocycles. The van der Waals surface area contributed by atoms with Crippen molar-refractivity contribution < 1.29 is 14.0 Å². The van der Waals surface area contributed by atoms with Gasteiger partial charge in [0.15, 0.2) is 0 Å². The van der Waals surface area contributed by atoms with Crippen LogP contribution < -0.4 is 5.32 Å². The third-order valence-electron chi connectivity index (χ3n) is 6.44. The van der Waals surface area contributed by atoms with Crippen molar-refractivity contribution in [1.29, 1.82) is 0 Å². The van der Waals surface area contributed by atoms with Crippen molar-refractivity contribution in [3.63, 3.8) is 0 Å². The number of fused-ring (bicyclic) bond motifs is 1. The SMILES string of the molecule is CC(C)CCNC(=O)[C@H](c1ccc(F)cc1)N(C(=O)Cn1nnc2ccccc21)C1CCCC1. The topological polar surface area (TPSA) is 80.1 Å². The molecule has 1 aliphatic carbocycles. The maximum atomic E-state index is 13.8. The number of nitrogens with zero attached hydrogens (tertiary/aromatic N) is 4. The van der Waals surface area contributed by atoms with Crippen LogP contribution in [0.3, 0.4) is 0 Å². The van der Waals surface area contributed by atoms with E-state index in [1.165, 1.54) is 12.1 Å². The number of carbonyl (C=O) groups excluding carboxylic acids is 2. The van der Waals surface area contributed by atoms with Gasteiger partial charge in [-0.1, -0.05) is 56.2 Å². The highest BCUT2D eigenvalue weighted by Gasteiger charge is 2.37. The first-order valence-electron chi connectivity index (χ1n) is 12.1. The van der Waals surface area contributed by atoms with Crippen molar-refractivity contribution in [1.82, 2.24) is 25.2 Å². The zero-order chi connectivity index (χ0) is 24.1. The summed E-state index contributed by atoms with van der Waals surface area (Å²) >= 11 is 0. The molecular weight excluding hydrogens is 433 g/mol. The van der Waals surface area contributed by atoms with E-state index < -0.39 is 6.04 Å². The third kappa shape index (κ3) is 5.43. The molecule has 34 heavy (non-hydrogen) atoms. The Morgan fingerprint density at radius 2 is 1.82 bits per heavy atom. The number of aromatic nitrogens is 3. The van der Waals surface area contributed by atoms with Gasteiger partial charge in [-0.2, -0.15) is 0 Å². The summed E-state index contributed by atoms with van der Waals surface area (Å²) in [6.07, 6.45) is 4.52. The second-order valence-corrected chi connectivity index (χ2v) is 9.40. The number of halogens is 1. The van der Waals surface area contributed by atoms with Crippen LogP contribution in [0.5, 0.6) is 0 Å². The highest BCUT2D eigenvalue weighted by atomic mass is 19.1. The smallest absolute Gasteiger partial charge is 0.247 e. The Hall–Kier alpha value is -3.29. The van der Waals surface area contributed by atoms with Gasteiger partial charge >= 0.3 is 0 Å². The fourth-order valence-electron chi connectivity index (χ4n) is 4.65. The molecular formula is C26H32FN5O2. The molecule has 0 bridgehead atoms. The Morgan fingerprint density at radius 3 is 2.53 bits per heavy atom. The second-order valence-electron chi connectivity index (χ2n) is 9.40. The van der Waals surface area contributed by atoms with E-state index >= 15 is 0 Å². The molecule has 1 saturated carbocycles. The van der Waals surface area contributed by atoms with Crippen molar-refractivity contribution in [2.75, 3.05) is 6.54 Å². The minimum atomic E-state index is -0.835. The Balaban J connectivity index is 1.67. The van der Waals surface area contributed by atoms with Crippen molar-refractivity contribution in [2.45, 2.75) is 64.6 Å². The highest BCUT2D eigenvalue weighted by Crippen LogP contribution is 2.32. The first kappa shape index (κ1) is 23.9. The standard InChI is InChI=1S/C26H32FN5O2/c1-18(2)15-16-28-26(34)25(19-11-13-20(27)14-12-19)32(21-7-3-4-8-21)24(33)17-31-23-10-6-5-9-22(23)29-30-31/h5-6,9-14,18,21,25H,3-4,7-8,15-17H2,1-2H3,(H,28,34)/t25-/m0/s1. The molecule has 3 aromatic rings. The minimum Gasteiger partial charge on any atom is -0.354 e. The Morgan fingerprint density at radius 1 is 1.12 bits per heavy atom. The Labute approximate surface area is 199 Å². The molecule has 1 N–H and O–H groups in total. The monoisotopic (exact) mass is 465 g/mol. The van der Waals surface area contributed by atoms with Gasteiger partial charge in [-0.3, -0.25) is 9.59 Å². The maximum absolute atomic E-state index is 13.8. The predicted molar refractivity (Wildman–Crippen MR) is 128 cm³/mol. The quantitative estimate of drug-likeness (QED) is 0.513. The lowest BCUT2D eigenvalue weighted by atomic mass is 10.0. The van der Waals surface area contributed by atoms with Gasteiger partial charge in [0.25, 0.3) is 0 Å². The average molecular weight is 466 g/mol. The van der Waals surface area contributed by atoms with Crippen LogP contribution in [0.25, 0.3) is 11.0 Å². The van der Waals surface area contributed by atoms with E-state index in [4.69, 9.17) is 0 Å². The summed E-state index contributed by atoms with van der Waals surface area (Å²) in [7, 11) is 0. The van der Waals surface area contributed by atoms with Crippen LogP contribution in [0.4, 0.5) is 4.39 Å². The molecule has 1 aromatic heterocycles. The number of hydrogen-bond donors (Lipinski definition) is 1. The second kappa shape index (κ2) is 10.8. The van der Waals surface area contributed by atoms with Crippen LogP contribution >= 0.6 is 0 Å². The molecule has 7 nitrogen and oxygen atoms in total. The number of hydrogen-bond acceptors (Lipinski definition) is 4. The van der Waals surface area contributed by atoms with Gasteiger partial charge in [0, 0.05) is 12.6 Å². The molecule has 1 fully saturated rings. The molecule has 0 spiro atoms. The van der Waals surface area contributed by atoms with Crippen LogP contribution in [-0.2, 0) is 16.1 Å². The van der Waals surface area contributed by atoms with E-state index in [0.29, 0.717) is 23.5 Å². The summed E-state index contributed by atoms with van der Waals surface area (Å²) < 4.78 is 15.3. The molecule has 0 unspecified atom stereocenters. The van der Waals surface area contributed by atoms with E-state index in [0.717, 1.165) is 37.6 Å². The number of rotatable bonds is 9. The van der Waals surface area contributed by atoms with Crippen molar-refractivity contribution in [3.05, 3.63) is 59.9 Å². The molecule has 4 rings (SSSR count). The summed E-state index contributed by atoms with van der Waals surface area (Å²) in [5.41, 5.74) is 2.08. The van der Waals surface area contributed by atoms with Crippen molar-refractivity contribution in [3.8, 4) is 0 Å². The van der Waals surface area contributed by atoms with Gasteiger partial charge in [-0.05, 0) is 55.0 Å². The van der Waals surface area contributed by atoms with Crippen LogP contribution in [0.15, 0.2) is 48.5 Å². The van der Waals surface area contributed by atoms with Gasteiger partial charge in [0.1, 0.15) is 23.9 Å². The Bertz CT molecular complexity index is 1120. The number of carbonyl (C=O) groups is 2. The van der Waals surface area contributed by atoms with Crippen LogP contribution in [0, 0.1) is 11.7 Å². The molecule has 1 atom stereocenters. The van der Waals surface area contributed by atoms with Crippen LogP contribution in [-0.4, -0.2) is 44.3 Å². The fraction of sp³-hybridized carbons (Fsp3) is 0.462. The molecule has 2 amide bonds. The minimum absolute atomic E-state index is 0.0199. The van der Waals surface area contributed by atoms with Gasteiger partial charge in [0.05, 0.1) is 5.52 Å². The number of benzene rings is 2. The molecule has 8 heteroatoms. The highest BCUT2D eigenvalue weighted by molar-refractivity contribution is 5.89. The summed E-state index contributed by atoms with van der Waals surface area (Å²) in [6.45, 7) is 4.70. The van der Waals surface area contributed by atoms with E-state index in [1.54, 1.807) is 21.7 Å². The van der Waals surface area contributed by atoms with Crippen LogP contribution in [0.1, 0.15) is 57.6 Å². The van der Waals surface area contributed by atoms with Crippen molar-refractivity contribution in [2.24, 2.45) is 5.92 Å². The lowest BCUT2D eigenvalue weighted by Gasteiger charge is -2.36. The van der Waals surface area contributed by atoms with E-state index in [-0.39, 0.29) is 30.2 Å². The maximum Gasteiger partial charge on any atom is 0.247 e. The summed E-state index contributed by atoms with van der Waals surface area (Å²) in [5, 5.41) is 11.3. The van der Waals surface area contributed by atoms with Gasteiger partial charge in [-0.15, -0.1) is 5.10 Å². The molecule has 0 radical (unpaired) electrons. The largest absolute Gasteiger partial charge is 0.354 e. The van der Waals surface area contributed by atoms with Crippen molar-refractivity contribution >= 4 is 22.8 Å². The lowest BCUT2D eigenvalue weighted by molar-refractivity contribution is -0.144. The number of para-hydroxylation sites is 1. The van der Waals surface area contributed by atoms with Crippen LogP contribution in [0.2, 0.25) is 0 Å². The van der Waals surface area contributed by atoms with Gasteiger partial charge in [0.2, 0.25) is 11.8 Å². The zero-order valence-electron chi connectivity index (χ0n) is 19.8. The summed E-state index contributed by atoms with van der Waals surface area (Å²) in [5.74, 6) is -0.375. The lowest BCUT2D eigenvalue weighted by Crippen LogP contribution is -2.49. The number of nitrogens with one attached hydrogen (secondary N) is 1. The van der Waals surface area contributed by atoms with E-state index in [9.17, 15) is 14.0 Å². The first-order valence-corrected chi connectivity index (χ1v) is 12.1. The molecule has 1 heterocycles. The van der Waals surface area contributed by atoms with Gasteiger partial charge in [-0.25, -0.2) is 9.07 Å². The van der Waals surface area contributed by atoms with Gasteiger partial charge < -0.3 is 10.2 Å². The number of amides is 2. The molecule has 1 aliphatic rings. The molecule has 180 valence electrons. The van der Waals surface area contributed by atoms with E-state index in [1.807, 2.05) is 24.3 Å². The predicted octanol–water partition coefficient (Wildman–Crippen LogP) is 4.25.